The highest BCUT2D eigenvalue weighted by Crippen LogP contribution is 2.26. The fraction of sp³-hybridized carbons (Fsp3) is 0.417. The first-order valence-electron chi connectivity index (χ1n) is 11.5. The molecule has 3 aromatic rings. The van der Waals surface area contributed by atoms with E-state index in [4.69, 9.17) is 16.3 Å². The molecule has 0 aliphatic carbocycles. The summed E-state index contributed by atoms with van der Waals surface area (Å²) in [5.74, 6) is 1.47. The van der Waals surface area contributed by atoms with Gasteiger partial charge in [-0.05, 0) is 55.6 Å². The Bertz CT molecular complexity index is 1300. The van der Waals surface area contributed by atoms with Crippen molar-refractivity contribution in [1.29, 1.82) is 0 Å². The van der Waals surface area contributed by atoms with Crippen molar-refractivity contribution in [3.8, 4) is 5.75 Å². The van der Waals surface area contributed by atoms with Crippen LogP contribution in [-0.2, 0) is 24.8 Å². The molecule has 0 spiro atoms. The summed E-state index contributed by atoms with van der Waals surface area (Å²) in [7, 11) is 1.77. The summed E-state index contributed by atoms with van der Waals surface area (Å²) in [6, 6.07) is 7.06. The van der Waals surface area contributed by atoms with E-state index in [0.717, 1.165) is 61.3 Å². The van der Waals surface area contributed by atoms with E-state index in [0.29, 0.717) is 29.1 Å². The topological polar surface area (TPSA) is 101 Å². The number of ether oxygens (including phenoxy) is 1. The molecule has 12 heteroatoms. The van der Waals surface area contributed by atoms with E-state index in [9.17, 15) is 9.59 Å². The molecule has 0 aromatic carbocycles. The van der Waals surface area contributed by atoms with Gasteiger partial charge in [-0.1, -0.05) is 11.6 Å². The third kappa shape index (κ3) is 6.10. The lowest BCUT2D eigenvalue weighted by Gasteiger charge is -2.19. The fourth-order valence-corrected chi connectivity index (χ4v) is 4.93. The number of pyridine rings is 3. The van der Waals surface area contributed by atoms with Gasteiger partial charge in [-0.25, -0.2) is 4.98 Å². The largest absolute Gasteiger partial charge is 0.480 e. The van der Waals surface area contributed by atoms with Crippen LogP contribution in [0.1, 0.15) is 17.7 Å². The number of anilines is 1. The van der Waals surface area contributed by atoms with Crippen molar-refractivity contribution >= 4 is 59.2 Å². The Labute approximate surface area is 226 Å². The predicted molar refractivity (Wildman–Crippen MR) is 145 cm³/mol. The Morgan fingerprint density at radius 3 is 2.89 bits per heavy atom. The number of rotatable bonds is 7. The maximum atomic E-state index is 12.1. The van der Waals surface area contributed by atoms with E-state index in [2.05, 4.69) is 25.5 Å². The molecule has 2 aliphatic heterocycles. The third-order valence-corrected chi connectivity index (χ3v) is 6.83. The van der Waals surface area contributed by atoms with Crippen LogP contribution in [0.3, 0.4) is 0 Å². The van der Waals surface area contributed by atoms with Gasteiger partial charge in [0.05, 0.1) is 21.7 Å². The lowest BCUT2D eigenvalue weighted by Crippen LogP contribution is -2.29. The first kappa shape index (κ1) is 28.1. The number of amides is 1. The van der Waals surface area contributed by atoms with Crippen LogP contribution in [0.2, 0.25) is 5.02 Å². The van der Waals surface area contributed by atoms with Crippen molar-refractivity contribution in [2.75, 3.05) is 38.1 Å². The number of halogens is 3. The number of fused-ring (bicyclic) bond motifs is 2. The van der Waals surface area contributed by atoms with Crippen LogP contribution in [0.15, 0.2) is 35.3 Å². The lowest BCUT2D eigenvalue weighted by atomic mass is 10.1. The minimum absolute atomic E-state index is 0. The Morgan fingerprint density at radius 1 is 1.22 bits per heavy atom. The Morgan fingerprint density at radius 2 is 2.06 bits per heavy atom. The van der Waals surface area contributed by atoms with Crippen molar-refractivity contribution in [1.82, 2.24) is 24.8 Å². The molecule has 3 aromatic heterocycles. The third-order valence-electron chi connectivity index (χ3n) is 6.50. The van der Waals surface area contributed by atoms with Gasteiger partial charge in [-0.3, -0.25) is 14.6 Å². The minimum atomic E-state index is -0.181. The van der Waals surface area contributed by atoms with Gasteiger partial charge in [-0.15, -0.1) is 24.8 Å². The van der Waals surface area contributed by atoms with Crippen LogP contribution in [0.5, 0.6) is 5.75 Å². The molecule has 1 amide bonds. The van der Waals surface area contributed by atoms with Gasteiger partial charge < -0.3 is 24.8 Å². The number of likely N-dealkylation sites (tertiary alicyclic amines) is 1. The molecule has 2 N–H and O–H groups in total. The summed E-state index contributed by atoms with van der Waals surface area (Å²) in [6.45, 7) is 4.48. The number of nitrogens with one attached hydrogen (secondary N) is 2. The second-order valence-corrected chi connectivity index (χ2v) is 9.28. The van der Waals surface area contributed by atoms with Crippen molar-refractivity contribution in [2.24, 2.45) is 13.0 Å². The summed E-state index contributed by atoms with van der Waals surface area (Å²) >= 11 is 6.48. The van der Waals surface area contributed by atoms with E-state index in [1.165, 1.54) is 6.07 Å². The SMILES string of the molecule is Cl.Cl.Cn1c(=O)ccc2ncc(Cl)c(CCN3CC[C@H](CNCc4ccc5c(n4)NC(=O)CO5)C3)c21. The predicted octanol–water partition coefficient (Wildman–Crippen LogP) is 2.81. The number of aromatic nitrogens is 3. The van der Waals surface area contributed by atoms with E-state index in [-0.39, 0.29) is 42.9 Å². The normalized spacial score (nSPS) is 17.1. The van der Waals surface area contributed by atoms with E-state index >= 15 is 0 Å². The molecule has 0 radical (unpaired) electrons. The molecule has 5 rings (SSSR count). The summed E-state index contributed by atoms with van der Waals surface area (Å²) in [4.78, 5) is 34.9. The van der Waals surface area contributed by atoms with Crippen molar-refractivity contribution in [3.05, 3.63) is 57.1 Å². The Balaban J connectivity index is 0.00000180. The van der Waals surface area contributed by atoms with Gasteiger partial charge in [0, 0.05) is 38.9 Å². The van der Waals surface area contributed by atoms with Gasteiger partial charge >= 0.3 is 0 Å². The molecule has 0 unspecified atom stereocenters. The molecule has 1 fully saturated rings. The standard InChI is InChI=1S/C24H27ClN6O3.2ClH/c1-30-22(33)5-3-19-23(30)17(18(25)12-27-19)7-9-31-8-6-15(13-31)10-26-11-16-2-4-20-24(28-16)29-21(32)14-34-20;;/h2-5,12,15,26H,6-11,13-14H2,1H3,(H,28,29,32);2*1H/t15-;;/m1../s1. The molecule has 1 saturated heterocycles. The van der Waals surface area contributed by atoms with Gasteiger partial charge in [0.25, 0.3) is 11.5 Å². The molecule has 9 nitrogen and oxygen atoms in total. The number of aryl methyl sites for hydroxylation is 1. The molecule has 0 bridgehead atoms. The van der Waals surface area contributed by atoms with Crippen molar-refractivity contribution in [3.63, 3.8) is 0 Å². The second-order valence-electron chi connectivity index (χ2n) is 8.87. The van der Waals surface area contributed by atoms with Gasteiger partial charge in [0.2, 0.25) is 0 Å². The minimum Gasteiger partial charge on any atom is -0.480 e. The molecule has 194 valence electrons. The van der Waals surface area contributed by atoms with Crippen LogP contribution in [0.25, 0.3) is 11.0 Å². The average Bonchev–Trinajstić information content (AvgIpc) is 3.28. The molecular weight excluding hydrogens is 527 g/mol. The van der Waals surface area contributed by atoms with E-state index < -0.39 is 0 Å². The average molecular weight is 556 g/mol. The summed E-state index contributed by atoms with van der Waals surface area (Å²) in [5.41, 5.74) is 3.38. The highest BCUT2D eigenvalue weighted by molar-refractivity contribution is 6.32. The number of nitrogens with zero attached hydrogens (tertiary/aromatic N) is 4. The second kappa shape index (κ2) is 12.2. The van der Waals surface area contributed by atoms with Crippen LogP contribution < -0.4 is 20.9 Å². The highest BCUT2D eigenvalue weighted by Gasteiger charge is 2.23. The molecule has 5 heterocycles. The summed E-state index contributed by atoms with van der Waals surface area (Å²) < 4.78 is 6.99. The number of hydrogen-bond donors (Lipinski definition) is 2. The molecule has 1 atom stereocenters. The van der Waals surface area contributed by atoms with Crippen molar-refractivity contribution < 1.29 is 9.53 Å². The maximum Gasteiger partial charge on any atom is 0.263 e. The van der Waals surface area contributed by atoms with Gasteiger partial charge in [-0.2, -0.15) is 0 Å². The lowest BCUT2D eigenvalue weighted by molar-refractivity contribution is -0.118. The fourth-order valence-electron chi connectivity index (χ4n) is 4.70. The molecule has 36 heavy (non-hydrogen) atoms. The first-order chi connectivity index (χ1) is 16.5. The molecule has 0 saturated carbocycles. The van der Waals surface area contributed by atoms with Crippen molar-refractivity contribution in [2.45, 2.75) is 19.4 Å². The number of carbonyl (C=O) groups excluding carboxylic acids is 1. The van der Waals surface area contributed by atoms with E-state index in [1.54, 1.807) is 23.9 Å². The summed E-state index contributed by atoms with van der Waals surface area (Å²) in [6.07, 6.45) is 3.56. The Kier molecular flexibility index (Phi) is 9.54. The highest BCUT2D eigenvalue weighted by atomic mass is 35.5. The monoisotopic (exact) mass is 554 g/mol. The first-order valence-corrected chi connectivity index (χ1v) is 11.8. The number of hydrogen-bond acceptors (Lipinski definition) is 7. The van der Waals surface area contributed by atoms with Crippen LogP contribution >= 0.6 is 36.4 Å². The molecule has 2 aliphatic rings. The van der Waals surface area contributed by atoms with Gasteiger partial charge in [0.15, 0.2) is 18.2 Å². The van der Waals surface area contributed by atoms with Crippen LogP contribution in [0, 0.1) is 5.92 Å². The quantitative estimate of drug-likeness (QED) is 0.462. The maximum absolute atomic E-state index is 12.1. The summed E-state index contributed by atoms with van der Waals surface area (Å²) in [5, 5.41) is 6.84. The number of carbonyl (C=O) groups is 1. The van der Waals surface area contributed by atoms with Crippen LogP contribution in [-0.4, -0.2) is 58.1 Å². The smallest absolute Gasteiger partial charge is 0.263 e. The van der Waals surface area contributed by atoms with Crippen LogP contribution in [0.4, 0.5) is 5.82 Å². The zero-order valence-corrected chi connectivity index (χ0v) is 22.2. The zero-order valence-electron chi connectivity index (χ0n) is 19.8. The zero-order chi connectivity index (χ0) is 23.7. The van der Waals surface area contributed by atoms with E-state index in [1.807, 2.05) is 12.1 Å². The van der Waals surface area contributed by atoms with Gasteiger partial charge in [0.1, 0.15) is 0 Å². The Hall–Kier alpha value is -2.43. The molecular formula is C24H29Cl3N6O3.